The van der Waals surface area contributed by atoms with Crippen LogP contribution in [0.25, 0.3) is 11.3 Å². The minimum Gasteiger partial charge on any atom is -0.325 e. The van der Waals surface area contributed by atoms with Crippen LogP contribution in [0.3, 0.4) is 0 Å². The van der Waals surface area contributed by atoms with Gasteiger partial charge in [0.2, 0.25) is 5.91 Å². The molecule has 0 fully saturated rings. The van der Waals surface area contributed by atoms with Gasteiger partial charge in [0.05, 0.1) is 23.5 Å². The number of amides is 1. The van der Waals surface area contributed by atoms with Gasteiger partial charge in [0.1, 0.15) is 6.54 Å². The average molecular weight is 344 g/mol. The van der Waals surface area contributed by atoms with Gasteiger partial charge >= 0.3 is 0 Å². The van der Waals surface area contributed by atoms with E-state index in [9.17, 15) is 9.59 Å². The van der Waals surface area contributed by atoms with Gasteiger partial charge < -0.3 is 9.88 Å². The minimum atomic E-state index is -0.351. The summed E-state index contributed by atoms with van der Waals surface area (Å²) in [5.74, 6) is -0.335. The SMILES string of the molecule is Cc1ccc(-c2cn(CC(=O)Nc3ccc(C#N)cc3)c(=O)cn2)cc1. The predicted octanol–water partition coefficient (Wildman–Crippen LogP) is 2.73. The normalized spacial score (nSPS) is 10.2. The first-order valence-corrected chi connectivity index (χ1v) is 7.99. The average Bonchev–Trinajstić information content (AvgIpc) is 2.65. The van der Waals surface area contributed by atoms with E-state index >= 15 is 0 Å². The van der Waals surface area contributed by atoms with Gasteiger partial charge in [0.25, 0.3) is 5.56 Å². The molecule has 0 bridgehead atoms. The third-order valence-electron chi connectivity index (χ3n) is 3.83. The molecular weight excluding hydrogens is 328 g/mol. The van der Waals surface area contributed by atoms with Crippen LogP contribution < -0.4 is 10.9 Å². The van der Waals surface area contributed by atoms with E-state index in [1.54, 1.807) is 30.5 Å². The van der Waals surface area contributed by atoms with Gasteiger partial charge in [-0.1, -0.05) is 29.8 Å². The largest absolute Gasteiger partial charge is 0.325 e. The molecule has 0 aliphatic rings. The van der Waals surface area contributed by atoms with Crippen molar-refractivity contribution in [1.29, 1.82) is 5.26 Å². The number of aryl methyl sites for hydroxylation is 1. The number of aromatic nitrogens is 2. The van der Waals surface area contributed by atoms with Crippen molar-refractivity contribution in [3.05, 3.63) is 82.4 Å². The highest BCUT2D eigenvalue weighted by atomic mass is 16.2. The van der Waals surface area contributed by atoms with Crippen LogP contribution in [0.15, 0.2) is 65.7 Å². The first-order valence-electron chi connectivity index (χ1n) is 7.99. The van der Waals surface area contributed by atoms with E-state index in [0.717, 1.165) is 11.1 Å². The molecule has 0 radical (unpaired) electrons. The molecule has 0 unspecified atom stereocenters. The Hall–Kier alpha value is -3.72. The predicted molar refractivity (Wildman–Crippen MR) is 98.5 cm³/mol. The molecule has 1 heterocycles. The summed E-state index contributed by atoms with van der Waals surface area (Å²) < 4.78 is 1.32. The Labute approximate surface area is 150 Å². The van der Waals surface area contributed by atoms with E-state index < -0.39 is 0 Å². The topological polar surface area (TPSA) is 87.8 Å². The van der Waals surface area contributed by atoms with E-state index in [4.69, 9.17) is 5.26 Å². The van der Waals surface area contributed by atoms with Gasteiger partial charge in [-0.3, -0.25) is 9.59 Å². The van der Waals surface area contributed by atoms with Gasteiger partial charge in [0.15, 0.2) is 0 Å². The fourth-order valence-corrected chi connectivity index (χ4v) is 2.42. The second kappa shape index (κ2) is 7.45. The molecule has 3 rings (SSSR count). The summed E-state index contributed by atoms with van der Waals surface area (Å²) in [5.41, 5.74) is 3.35. The third-order valence-corrected chi connectivity index (χ3v) is 3.83. The lowest BCUT2D eigenvalue weighted by molar-refractivity contribution is -0.116. The van der Waals surface area contributed by atoms with Crippen molar-refractivity contribution in [3.8, 4) is 17.3 Å². The van der Waals surface area contributed by atoms with E-state index in [-0.39, 0.29) is 18.0 Å². The van der Waals surface area contributed by atoms with Gasteiger partial charge in [-0.2, -0.15) is 5.26 Å². The Morgan fingerprint density at radius 2 is 1.85 bits per heavy atom. The summed E-state index contributed by atoms with van der Waals surface area (Å²) in [6.45, 7) is 1.87. The lowest BCUT2D eigenvalue weighted by atomic mass is 10.1. The second-order valence-electron chi connectivity index (χ2n) is 5.84. The van der Waals surface area contributed by atoms with Gasteiger partial charge in [-0.15, -0.1) is 0 Å². The van der Waals surface area contributed by atoms with Crippen molar-refractivity contribution in [2.45, 2.75) is 13.5 Å². The Morgan fingerprint density at radius 3 is 2.50 bits per heavy atom. The summed E-state index contributed by atoms with van der Waals surface area (Å²) in [6, 6.07) is 16.3. The van der Waals surface area contributed by atoms with Crippen molar-refractivity contribution in [1.82, 2.24) is 9.55 Å². The molecule has 0 atom stereocenters. The molecule has 6 heteroatoms. The summed E-state index contributed by atoms with van der Waals surface area (Å²) in [6.07, 6.45) is 2.79. The zero-order chi connectivity index (χ0) is 18.5. The van der Waals surface area contributed by atoms with Crippen LogP contribution in [-0.2, 0) is 11.3 Å². The number of nitrogens with zero attached hydrogens (tertiary/aromatic N) is 3. The maximum atomic E-state index is 12.2. The number of benzene rings is 2. The first-order chi connectivity index (χ1) is 12.5. The molecule has 0 saturated heterocycles. The third kappa shape index (κ3) is 4.02. The highest BCUT2D eigenvalue weighted by Crippen LogP contribution is 2.16. The molecular formula is C20H16N4O2. The lowest BCUT2D eigenvalue weighted by Gasteiger charge is -2.09. The summed E-state index contributed by atoms with van der Waals surface area (Å²) in [7, 11) is 0. The summed E-state index contributed by atoms with van der Waals surface area (Å²) in [5, 5.41) is 11.5. The van der Waals surface area contributed by atoms with Crippen molar-refractivity contribution in [3.63, 3.8) is 0 Å². The molecule has 6 nitrogen and oxygen atoms in total. The van der Waals surface area contributed by atoms with Crippen LogP contribution in [-0.4, -0.2) is 15.5 Å². The number of anilines is 1. The van der Waals surface area contributed by atoms with Crippen LogP contribution in [0.1, 0.15) is 11.1 Å². The van der Waals surface area contributed by atoms with Crippen LogP contribution in [0.4, 0.5) is 5.69 Å². The van der Waals surface area contributed by atoms with Crippen LogP contribution in [0.2, 0.25) is 0 Å². The quantitative estimate of drug-likeness (QED) is 0.788. The van der Waals surface area contributed by atoms with E-state index in [1.165, 1.54) is 10.8 Å². The Balaban J connectivity index is 1.77. The number of hydrogen-bond donors (Lipinski definition) is 1. The van der Waals surface area contributed by atoms with E-state index in [0.29, 0.717) is 16.9 Å². The standard InChI is InChI=1S/C20H16N4O2/c1-14-2-6-16(7-3-14)18-12-24(20(26)11-22-18)13-19(25)23-17-8-4-15(10-21)5-9-17/h2-9,11-12H,13H2,1H3,(H,23,25). The minimum absolute atomic E-state index is 0.125. The molecule has 3 aromatic rings. The number of rotatable bonds is 4. The maximum absolute atomic E-state index is 12.2. The number of nitriles is 1. The van der Waals surface area contributed by atoms with Crippen LogP contribution in [0.5, 0.6) is 0 Å². The van der Waals surface area contributed by atoms with Gasteiger partial charge in [-0.25, -0.2) is 4.98 Å². The Bertz CT molecular complexity index is 1030. The van der Waals surface area contributed by atoms with Crippen molar-refractivity contribution in [2.24, 2.45) is 0 Å². The number of carbonyl (C=O) groups excluding carboxylic acids is 1. The molecule has 1 aromatic heterocycles. The molecule has 2 aromatic carbocycles. The van der Waals surface area contributed by atoms with Crippen molar-refractivity contribution in [2.75, 3.05) is 5.32 Å². The zero-order valence-corrected chi connectivity index (χ0v) is 14.1. The number of carbonyl (C=O) groups is 1. The molecule has 1 N–H and O–H groups in total. The molecule has 128 valence electrons. The van der Waals surface area contributed by atoms with Crippen LogP contribution >= 0.6 is 0 Å². The molecule has 0 aliphatic carbocycles. The number of nitrogens with one attached hydrogen (secondary N) is 1. The highest BCUT2D eigenvalue weighted by molar-refractivity contribution is 5.90. The number of hydrogen-bond acceptors (Lipinski definition) is 4. The first kappa shape index (κ1) is 17.1. The summed E-state index contributed by atoms with van der Waals surface area (Å²) in [4.78, 5) is 28.4. The fourth-order valence-electron chi connectivity index (χ4n) is 2.42. The zero-order valence-electron chi connectivity index (χ0n) is 14.1. The van der Waals surface area contributed by atoms with Crippen molar-refractivity contribution < 1.29 is 4.79 Å². The highest BCUT2D eigenvalue weighted by Gasteiger charge is 2.08. The van der Waals surface area contributed by atoms with Gasteiger partial charge in [-0.05, 0) is 31.2 Å². The molecule has 0 aliphatic heterocycles. The second-order valence-corrected chi connectivity index (χ2v) is 5.84. The fraction of sp³-hybridized carbons (Fsp3) is 0.100. The molecule has 0 spiro atoms. The summed E-state index contributed by atoms with van der Waals surface area (Å²) >= 11 is 0. The van der Waals surface area contributed by atoms with E-state index in [2.05, 4.69) is 10.3 Å². The maximum Gasteiger partial charge on any atom is 0.269 e. The Morgan fingerprint density at radius 1 is 1.15 bits per heavy atom. The lowest BCUT2D eigenvalue weighted by Crippen LogP contribution is -2.27. The monoisotopic (exact) mass is 344 g/mol. The molecule has 0 saturated carbocycles. The van der Waals surface area contributed by atoms with Crippen molar-refractivity contribution >= 4 is 11.6 Å². The molecule has 26 heavy (non-hydrogen) atoms. The smallest absolute Gasteiger partial charge is 0.269 e. The molecule has 1 amide bonds. The Kier molecular flexibility index (Phi) is 4.90. The van der Waals surface area contributed by atoms with E-state index in [1.807, 2.05) is 37.3 Å². The van der Waals surface area contributed by atoms with Gasteiger partial charge in [0, 0.05) is 17.4 Å². The van der Waals surface area contributed by atoms with Crippen LogP contribution in [0, 0.1) is 18.3 Å².